The molecule has 2 aromatic heterocycles. The van der Waals surface area contributed by atoms with E-state index in [1.54, 1.807) is 11.0 Å². The van der Waals surface area contributed by atoms with Gasteiger partial charge in [0.1, 0.15) is 28.6 Å². The van der Waals surface area contributed by atoms with Crippen molar-refractivity contribution in [2.45, 2.75) is 70.6 Å². The number of carbonyl (C=O) groups excluding carboxylic acids is 2. The molecule has 10 nitrogen and oxygen atoms in total. The monoisotopic (exact) mass is 566 g/mol. The second-order valence-electron chi connectivity index (χ2n) is 11.5. The number of nitrogens with zero attached hydrogens (tertiary/aromatic N) is 4. The summed E-state index contributed by atoms with van der Waals surface area (Å²) in [5.41, 5.74) is 12.8. The zero-order chi connectivity index (χ0) is 29.6. The summed E-state index contributed by atoms with van der Waals surface area (Å²) < 4.78 is 25.4. The topological polar surface area (TPSA) is 147 Å². The molecule has 2 fully saturated rings. The Kier molecular flexibility index (Phi) is 9.37. The number of amides is 2. The third-order valence-electron chi connectivity index (χ3n) is 7.05. The highest BCUT2D eigenvalue weighted by Gasteiger charge is 2.32. The highest BCUT2D eigenvalue weighted by molar-refractivity contribution is 6.06. The molecule has 1 aromatic carbocycles. The van der Waals surface area contributed by atoms with E-state index in [0.717, 1.165) is 37.1 Å². The zero-order valence-electron chi connectivity index (χ0n) is 24.0. The predicted octanol–water partition coefficient (Wildman–Crippen LogP) is 4.84. The molecule has 0 unspecified atom stereocenters. The number of nitrogens with two attached hydrogens (primary N) is 2. The third kappa shape index (κ3) is 8.09. The van der Waals surface area contributed by atoms with Gasteiger partial charge in [-0.05, 0) is 51.7 Å². The van der Waals surface area contributed by atoms with Crippen LogP contribution in [0.15, 0.2) is 36.7 Å². The minimum Gasteiger partial charge on any atom is -0.444 e. The highest BCUT2D eigenvalue weighted by atomic mass is 19.1. The van der Waals surface area contributed by atoms with Crippen LogP contribution in [0.1, 0.15) is 68.8 Å². The Morgan fingerprint density at radius 3 is 2.32 bits per heavy atom. The molecular formula is C30H39FN6O4. The number of hydrogen-bond donors (Lipinski definition) is 2. The number of anilines is 1. The first kappa shape index (κ1) is 30.1. The summed E-state index contributed by atoms with van der Waals surface area (Å²) >= 11 is 0. The van der Waals surface area contributed by atoms with Crippen molar-refractivity contribution in [3.8, 4) is 11.3 Å². The number of alkyl halides is 1. The van der Waals surface area contributed by atoms with Crippen LogP contribution < -0.4 is 11.5 Å². The molecule has 0 bridgehead atoms. The Labute approximate surface area is 239 Å². The van der Waals surface area contributed by atoms with Gasteiger partial charge in [-0.3, -0.25) is 4.79 Å². The van der Waals surface area contributed by atoms with Crippen molar-refractivity contribution in [3.63, 3.8) is 0 Å². The lowest BCUT2D eigenvalue weighted by atomic mass is 9.89. The molecular weight excluding hydrogens is 527 g/mol. The zero-order valence-corrected chi connectivity index (χ0v) is 24.0. The van der Waals surface area contributed by atoms with Crippen LogP contribution in [0.3, 0.4) is 0 Å². The summed E-state index contributed by atoms with van der Waals surface area (Å²) in [6.45, 7) is 8.31. The number of fused-ring (bicyclic) bond motifs is 1. The number of aromatic nitrogens is 3. The van der Waals surface area contributed by atoms with E-state index >= 15 is 0 Å². The van der Waals surface area contributed by atoms with Crippen molar-refractivity contribution in [1.82, 2.24) is 19.9 Å². The Morgan fingerprint density at radius 2 is 1.71 bits per heavy atom. The maximum Gasteiger partial charge on any atom is 0.410 e. The Morgan fingerprint density at radius 1 is 1.05 bits per heavy atom. The van der Waals surface area contributed by atoms with Gasteiger partial charge < -0.3 is 25.8 Å². The summed E-state index contributed by atoms with van der Waals surface area (Å²) in [5, 5.41) is 0. The SMILES string of the molecule is CC(C)(C)OC(=O)N1CCCCC1.NC(=O)c1cc(-c2ccc(CC3(F)CCOCC3)cc2)nc2c(N)ncnc12. The first-order chi connectivity index (χ1) is 19.4. The van der Waals surface area contributed by atoms with E-state index in [0.29, 0.717) is 49.2 Å². The van der Waals surface area contributed by atoms with E-state index in [2.05, 4.69) is 15.0 Å². The Hall–Kier alpha value is -3.86. The van der Waals surface area contributed by atoms with Gasteiger partial charge in [-0.25, -0.2) is 24.1 Å². The maximum atomic E-state index is 14.9. The molecule has 2 aliphatic heterocycles. The van der Waals surface area contributed by atoms with Crippen LogP contribution in [0.4, 0.5) is 15.0 Å². The van der Waals surface area contributed by atoms with Gasteiger partial charge >= 0.3 is 6.09 Å². The lowest BCUT2D eigenvalue weighted by Gasteiger charge is -2.29. The number of halogens is 1. The van der Waals surface area contributed by atoms with Crippen LogP contribution in [0.25, 0.3) is 22.3 Å². The second kappa shape index (κ2) is 12.8. The van der Waals surface area contributed by atoms with E-state index in [4.69, 9.17) is 20.9 Å². The Balaban J connectivity index is 0.000000251. The quantitative estimate of drug-likeness (QED) is 0.456. The molecule has 5 rings (SSSR count). The van der Waals surface area contributed by atoms with Crippen LogP contribution in [-0.2, 0) is 15.9 Å². The van der Waals surface area contributed by atoms with Crippen LogP contribution >= 0.6 is 0 Å². The van der Waals surface area contributed by atoms with Gasteiger partial charge in [0.25, 0.3) is 5.91 Å². The van der Waals surface area contributed by atoms with Gasteiger partial charge in [-0.2, -0.15) is 0 Å². The van der Waals surface area contributed by atoms with E-state index < -0.39 is 11.6 Å². The van der Waals surface area contributed by atoms with Crippen molar-refractivity contribution in [2.24, 2.45) is 5.73 Å². The predicted molar refractivity (Wildman–Crippen MR) is 155 cm³/mol. The standard InChI is InChI=1S/C20H20FN5O2.C10H19NO2/c21-20(5-7-28-8-6-20)10-12-1-3-13(4-2-12)15-9-14(19(23)27)16-17(26-15)18(22)25-11-24-16;1-10(2,3)13-9(12)11-7-5-4-6-8-11/h1-4,9,11H,5-8,10H2,(H2,23,27)(H2,22,24,25);4-8H2,1-3H3. The van der Waals surface area contributed by atoms with Gasteiger partial charge in [0.15, 0.2) is 5.82 Å². The molecule has 0 spiro atoms. The average molecular weight is 567 g/mol. The molecule has 2 saturated heterocycles. The molecule has 0 aliphatic carbocycles. The minimum atomic E-state index is -1.23. The maximum absolute atomic E-state index is 14.9. The molecule has 0 saturated carbocycles. The number of hydrogen-bond acceptors (Lipinski definition) is 8. The molecule has 220 valence electrons. The smallest absolute Gasteiger partial charge is 0.410 e. The molecule has 41 heavy (non-hydrogen) atoms. The molecule has 11 heteroatoms. The van der Waals surface area contributed by atoms with E-state index in [1.165, 1.54) is 12.7 Å². The summed E-state index contributed by atoms with van der Waals surface area (Å²) in [6, 6.07) is 9.01. The van der Waals surface area contributed by atoms with Crippen molar-refractivity contribution >= 4 is 28.9 Å². The number of pyridine rings is 1. The number of primary amides is 1. The number of rotatable bonds is 4. The van der Waals surface area contributed by atoms with Gasteiger partial charge in [-0.1, -0.05) is 24.3 Å². The summed E-state index contributed by atoms with van der Waals surface area (Å²) in [4.78, 5) is 37.7. The fourth-order valence-electron chi connectivity index (χ4n) is 4.87. The molecule has 3 aromatic rings. The Bertz CT molecular complexity index is 1360. The lowest BCUT2D eigenvalue weighted by molar-refractivity contribution is -0.00817. The van der Waals surface area contributed by atoms with E-state index in [-0.39, 0.29) is 23.1 Å². The average Bonchev–Trinajstić information content (AvgIpc) is 2.93. The molecule has 4 heterocycles. The van der Waals surface area contributed by atoms with Gasteiger partial charge in [0.2, 0.25) is 0 Å². The fraction of sp³-hybridized carbons (Fsp3) is 0.500. The number of piperidine rings is 1. The van der Waals surface area contributed by atoms with Crippen molar-refractivity contribution in [3.05, 3.63) is 47.8 Å². The van der Waals surface area contributed by atoms with E-state index in [9.17, 15) is 14.0 Å². The summed E-state index contributed by atoms with van der Waals surface area (Å²) in [7, 11) is 0. The van der Waals surface area contributed by atoms with Crippen molar-refractivity contribution in [1.29, 1.82) is 0 Å². The molecule has 4 N–H and O–H groups in total. The number of nitrogen functional groups attached to an aromatic ring is 1. The molecule has 2 aliphatic rings. The minimum absolute atomic E-state index is 0.160. The van der Waals surface area contributed by atoms with Gasteiger partial charge in [-0.15, -0.1) is 0 Å². The van der Waals surface area contributed by atoms with Crippen molar-refractivity contribution in [2.75, 3.05) is 32.0 Å². The first-order valence-corrected chi connectivity index (χ1v) is 14.0. The number of carbonyl (C=O) groups is 2. The van der Waals surface area contributed by atoms with E-state index in [1.807, 2.05) is 45.0 Å². The molecule has 2 amide bonds. The normalized spacial score (nSPS) is 16.9. The van der Waals surface area contributed by atoms with Crippen molar-refractivity contribution < 1.29 is 23.5 Å². The third-order valence-corrected chi connectivity index (χ3v) is 7.05. The number of likely N-dealkylation sites (tertiary alicyclic amines) is 1. The first-order valence-electron chi connectivity index (χ1n) is 14.0. The van der Waals surface area contributed by atoms with Crippen LogP contribution in [0, 0.1) is 0 Å². The number of benzene rings is 1. The summed E-state index contributed by atoms with van der Waals surface area (Å²) in [5.74, 6) is -0.452. The van der Waals surface area contributed by atoms with Crippen LogP contribution in [0.5, 0.6) is 0 Å². The second-order valence-corrected chi connectivity index (χ2v) is 11.5. The molecule has 0 radical (unpaired) electrons. The van der Waals surface area contributed by atoms with Gasteiger partial charge in [0, 0.05) is 51.1 Å². The fourth-order valence-corrected chi connectivity index (χ4v) is 4.87. The summed E-state index contributed by atoms with van der Waals surface area (Å²) in [6.07, 6.45) is 5.72. The van der Waals surface area contributed by atoms with Gasteiger partial charge in [0.05, 0.1) is 11.3 Å². The number of ether oxygens (including phenoxy) is 2. The largest absolute Gasteiger partial charge is 0.444 e. The highest BCUT2D eigenvalue weighted by Crippen LogP contribution is 2.31. The van der Waals surface area contributed by atoms with Crippen LogP contribution in [0.2, 0.25) is 0 Å². The lowest BCUT2D eigenvalue weighted by Crippen LogP contribution is -2.39. The van der Waals surface area contributed by atoms with Crippen LogP contribution in [-0.4, -0.2) is 69.4 Å². The molecule has 0 atom stereocenters.